The van der Waals surface area contributed by atoms with Crippen LogP contribution in [0.4, 0.5) is 0 Å². The Bertz CT molecular complexity index is 512. The molecule has 1 aliphatic heterocycles. The van der Waals surface area contributed by atoms with Crippen LogP contribution in [0.15, 0.2) is 23.1 Å². The Labute approximate surface area is 108 Å². The number of hydrogen-bond donors (Lipinski definition) is 2. The van der Waals surface area contributed by atoms with Gasteiger partial charge in [-0.2, -0.15) is 0 Å². The lowest BCUT2D eigenvalue weighted by atomic mass is 10.0. The van der Waals surface area contributed by atoms with Gasteiger partial charge in [-0.25, -0.2) is 8.42 Å². The van der Waals surface area contributed by atoms with Gasteiger partial charge in [-0.15, -0.1) is 0 Å². The summed E-state index contributed by atoms with van der Waals surface area (Å²) in [6.07, 6.45) is 2.52. The van der Waals surface area contributed by atoms with Crippen LogP contribution in [0.2, 0.25) is 0 Å². The van der Waals surface area contributed by atoms with Gasteiger partial charge in [0.05, 0.1) is 10.6 Å². The first-order valence-electron chi connectivity index (χ1n) is 6.39. The first kappa shape index (κ1) is 13.5. The maximum Gasteiger partial charge on any atom is 0.178 e. The fourth-order valence-corrected chi connectivity index (χ4v) is 3.89. The Balaban J connectivity index is 2.08. The quantitative estimate of drug-likeness (QED) is 0.763. The maximum atomic E-state index is 11.9. The molecule has 0 radical (unpaired) electrons. The summed E-state index contributed by atoms with van der Waals surface area (Å²) in [7, 11) is -3.02. The summed E-state index contributed by atoms with van der Waals surface area (Å²) in [5.74, 6) is 0.289. The summed E-state index contributed by atoms with van der Waals surface area (Å²) >= 11 is 0. The van der Waals surface area contributed by atoms with Gasteiger partial charge in [0.1, 0.15) is 0 Å². The van der Waals surface area contributed by atoms with Crippen LogP contribution in [0, 0.1) is 0 Å². The average Bonchev–Trinajstić information content (AvgIpc) is 2.34. The molecule has 0 atom stereocenters. The largest absolute Gasteiger partial charge is 0.329 e. The molecule has 0 aromatic heterocycles. The van der Waals surface area contributed by atoms with E-state index in [1.165, 1.54) is 5.56 Å². The molecule has 3 N–H and O–H groups in total. The number of hydrogen-bond acceptors (Lipinski definition) is 4. The lowest BCUT2D eigenvalue weighted by Crippen LogP contribution is -2.24. The molecular weight excluding hydrogens is 248 g/mol. The van der Waals surface area contributed by atoms with Gasteiger partial charge in [0.25, 0.3) is 0 Å². The maximum absolute atomic E-state index is 11.9. The fraction of sp³-hybridized carbons (Fsp3) is 0.538. The number of sulfone groups is 1. The van der Waals surface area contributed by atoms with Crippen LogP contribution in [0.1, 0.15) is 17.5 Å². The molecule has 1 aliphatic rings. The van der Waals surface area contributed by atoms with E-state index in [1.54, 1.807) is 6.07 Å². The second kappa shape index (κ2) is 5.82. The van der Waals surface area contributed by atoms with Crippen molar-refractivity contribution in [2.75, 3.05) is 25.4 Å². The van der Waals surface area contributed by atoms with Gasteiger partial charge in [-0.3, -0.25) is 0 Å². The monoisotopic (exact) mass is 268 g/mol. The minimum atomic E-state index is -3.02. The number of rotatable bonds is 5. The Morgan fingerprint density at radius 3 is 2.89 bits per heavy atom. The van der Waals surface area contributed by atoms with Crippen LogP contribution in [0.3, 0.4) is 0 Å². The van der Waals surface area contributed by atoms with Crippen LogP contribution in [0.25, 0.3) is 0 Å². The second-order valence-corrected chi connectivity index (χ2v) is 6.73. The minimum Gasteiger partial charge on any atom is -0.329 e. The molecule has 2 rings (SSSR count). The molecule has 0 bridgehead atoms. The summed E-state index contributed by atoms with van der Waals surface area (Å²) in [5.41, 5.74) is 7.57. The van der Waals surface area contributed by atoms with E-state index < -0.39 is 9.84 Å². The van der Waals surface area contributed by atoms with Gasteiger partial charge in [0.15, 0.2) is 9.84 Å². The summed E-state index contributed by atoms with van der Waals surface area (Å²) in [5, 5.41) is 3.24. The highest BCUT2D eigenvalue weighted by Crippen LogP contribution is 2.25. The van der Waals surface area contributed by atoms with Crippen molar-refractivity contribution in [3.63, 3.8) is 0 Å². The highest BCUT2D eigenvalue weighted by Gasteiger charge is 2.23. The third-order valence-electron chi connectivity index (χ3n) is 3.23. The van der Waals surface area contributed by atoms with E-state index in [1.807, 2.05) is 12.1 Å². The number of fused-ring (bicyclic) bond motifs is 1. The molecule has 18 heavy (non-hydrogen) atoms. The molecule has 0 amide bonds. The topological polar surface area (TPSA) is 72.2 Å². The fourth-order valence-electron chi connectivity index (χ4n) is 2.31. The van der Waals surface area contributed by atoms with Crippen LogP contribution in [0.5, 0.6) is 0 Å². The highest BCUT2D eigenvalue weighted by atomic mass is 32.2. The van der Waals surface area contributed by atoms with E-state index >= 15 is 0 Å². The second-order valence-electron chi connectivity index (χ2n) is 4.65. The van der Waals surface area contributed by atoms with E-state index in [4.69, 9.17) is 5.73 Å². The Hall–Kier alpha value is -0.910. The predicted octanol–water partition coefficient (Wildman–Crippen LogP) is 0.497. The zero-order valence-corrected chi connectivity index (χ0v) is 11.3. The normalized spacial score (nSPS) is 17.4. The zero-order chi connectivity index (χ0) is 13.0. The van der Waals surface area contributed by atoms with E-state index in [-0.39, 0.29) is 5.75 Å². The minimum absolute atomic E-state index is 0.289. The number of nitrogens with one attached hydrogen (secondary N) is 1. The molecule has 0 saturated heterocycles. The molecule has 1 aromatic rings. The van der Waals surface area contributed by atoms with Crippen molar-refractivity contribution in [3.8, 4) is 0 Å². The van der Waals surface area contributed by atoms with Crippen LogP contribution >= 0.6 is 0 Å². The molecule has 0 aliphatic carbocycles. The highest BCUT2D eigenvalue weighted by molar-refractivity contribution is 7.91. The lowest BCUT2D eigenvalue weighted by Gasteiger charge is -2.17. The van der Waals surface area contributed by atoms with Crippen molar-refractivity contribution in [2.45, 2.75) is 24.2 Å². The first-order chi connectivity index (χ1) is 8.63. The predicted molar refractivity (Wildman–Crippen MR) is 72.4 cm³/mol. The van der Waals surface area contributed by atoms with Crippen molar-refractivity contribution in [2.24, 2.45) is 5.73 Å². The van der Waals surface area contributed by atoms with E-state index in [9.17, 15) is 8.42 Å². The summed E-state index contributed by atoms with van der Waals surface area (Å²) in [4.78, 5) is 0.535. The van der Waals surface area contributed by atoms with Gasteiger partial charge in [0, 0.05) is 13.1 Å². The van der Waals surface area contributed by atoms with Crippen molar-refractivity contribution in [1.82, 2.24) is 5.32 Å². The molecular formula is C13H20N2O2S. The number of nitrogens with two attached hydrogens (primary N) is 1. The molecule has 0 spiro atoms. The SMILES string of the molecule is NCCNCCc1ccc2c(c1)CCCS2(=O)=O. The van der Waals surface area contributed by atoms with Crippen LogP contribution < -0.4 is 11.1 Å². The molecule has 1 heterocycles. The smallest absolute Gasteiger partial charge is 0.178 e. The molecule has 0 fully saturated rings. The Morgan fingerprint density at radius 1 is 1.28 bits per heavy atom. The molecule has 5 heteroatoms. The Morgan fingerprint density at radius 2 is 2.11 bits per heavy atom. The lowest BCUT2D eigenvalue weighted by molar-refractivity contribution is 0.586. The van der Waals surface area contributed by atoms with Gasteiger partial charge < -0.3 is 11.1 Å². The summed E-state index contributed by atoms with van der Waals surface area (Å²) in [6, 6.07) is 5.73. The molecule has 0 saturated carbocycles. The summed E-state index contributed by atoms with van der Waals surface area (Å²) < 4.78 is 23.7. The third-order valence-corrected chi connectivity index (χ3v) is 5.13. The van der Waals surface area contributed by atoms with Crippen molar-refractivity contribution >= 4 is 9.84 Å². The van der Waals surface area contributed by atoms with Crippen molar-refractivity contribution in [3.05, 3.63) is 29.3 Å². The molecule has 1 aromatic carbocycles. The number of aryl methyl sites for hydroxylation is 1. The Kier molecular flexibility index (Phi) is 4.37. The molecule has 0 unspecified atom stereocenters. The zero-order valence-electron chi connectivity index (χ0n) is 10.5. The summed E-state index contributed by atoms with van der Waals surface area (Å²) in [6.45, 7) is 2.34. The third kappa shape index (κ3) is 3.10. The molecule has 100 valence electrons. The van der Waals surface area contributed by atoms with Gasteiger partial charge in [-0.1, -0.05) is 12.1 Å². The van der Waals surface area contributed by atoms with Crippen LogP contribution in [-0.2, 0) is 22.7 Å². The average molecular weight is 268 g/mol. The standard InChI is InChI=1S/C13H20N2O2S/c14-6-8-15-7-5-11-3-4-13-12(10-11)2-1-9-18(13,16)17/h3-4,10,15H,1-2,5-9,14H2. The van der Waals surface area contributed by atoms with Gasteiger partial charge in [-0.05, 0) is 43.0 Å². The van der Waals surface area contributed by atoms with Gasteiger partial charge in [0.2, 0.25) is 0 Å². The van der Waals surface area contributed by atoms with Gasteiger partial charge >= 0.3 is 0 Å². The number of benzene rings is 1. The van der Waals surface area contributed by atoms with Crippen molar-refractivity contribution in [1.29, 1.82) is 0 Å². The van der Waals surface area contributed by atoms with Crippen LogP contribution in [-0.4, -0.2) is 33.8 Å². The molecule has 4 nitrogen and oxygen atoms in total. The first-order valence-corrected chi connectivity index (χ1v) is 8.04. The van der Waals surface area contributed by atoms with E-state index in [2.05, 4.69) is 5.32 Å². The van der Waals surface area contributed by atoms with Crippen molar-refractivity contribution < 1.29 is 8.42 Å². The van der Waals surface area contributed by atoms with E-state index in [0.29, 0.717) is 11.4 Å². The van der Waals surface area contributed by atoms with E-state index in [0.717, 1.165) is 37.9 Å².